The minimum Gasteiger partial charge on any atom is -0.350 e. The minimum absolute atomic E-state index is 0.0970. The summed E-state index contributed by atoms with van der Waals surface area (Å²) in [7, 11) is -4.14. The molecule has 0 bridgehead atoms. The number of rotatable bonds is 10. The van der Waals surface area contributed by atoms with Gasteiger partial charge >= 0.3 is 0 Å². The Bertz CT molecular complexity index is 1440. The van der Waals surface area contributed by atoms with E-state index in [2.05, 4.69) is 5.32 Å². The maximum Gasteiger partial charge on any atom is 0.244 e. The number of nitrogens with one attached hydrogen (secondary N) is 1. The van der Waals surface area contributed by atoms with Gasteiger partial charge in [0.1, 0.15) is 18.4 Å². The van der Waals surface area contributed by atoms with Gasteiger partial charge in [0.2, 0.25) is 21.8 Å². The van der Waals surface area contributed by atoms with Crippen LogP contribution in [0.2, 0.25) is 0 Å². The fraction of sp³-hybridized carbons (Fsp3) is 0.310. The molecule has 11 heteroatoms. The van der Waals surface area contributed by atoms with E-state index in [9.17, 15) is 31.2 Å². The Morgan fingerprint density at radius 2 is 1.50 bits per heavy atom. The number of sulfonamides is 1. The van der Waals surface area contributed by atoms with Gasteiger partial charge in [-0.3, -0.25) is 13.9 Å². The second kappa shape index (κ2) is 12.5. The van der Waals surface area contributed by atoms with E-state index in [-0.39, 0.29) is 18.7 Å². The van der Waals surface area contributed by atoms with Crippen molar-refractivity contribution in [3.8, 4) is 0 Å². The largest absolute Gasteiger partial charge is 0.350 e. The zero-order chi connectivity index (χ0) is 29.7. The van der Waals surface area contributed by atoms with Crippen molar-refractivity contribution in [3.05, 3.63) is 101 Å². The van der Waals surface area contributed by atoms with Gasteiger partial charge in [-0.05, 0) is 56.2 Å². The molecule has 0 aliphatic rings. The molecule has 3 rings (SSSR count). The third kappa shape index (κ3) is 8.57. The van der Waals surface area contributed by atoms with Gasteiger partial charge in [0.15, 0.2) is 11.6 Å². The van der Waals surface area contributed by atoms with E-state index in [1.54, 1.807) is 51.1 Å². The van der Waals surface area contributed by atoms with Crippen LogP contribution < -0.4 is 9.62 Å². The quantitative estimate of drug-likeness (QED) is 0.388. The Hall–Kier alpha value is -3.86. The molecule has 0 saturated carbocycles. The lowest BCUT2D eigenvalue weighted by Crippen LogP contribution is -2.56. The van der Waals surface area contributed by atoms with Crippen LogP contribution in [0.5, 0.6) is 0 Å². The fourth-order valence-corrected chi connectivity index (χ4v) is 4.89. The number of nitrogens with zero attached hydrogens (tertiary/aromatic N) is 2. The molecule has 40 heavy (non-hydrogen) atoms. The first-order chi connectivity index (χ1) is 18.6. The summed E-state index contributed by atoms with van der Waals surface area (Å²) >= 11 is 0. The van der Waals surface area contributed by atoms with Crippen LogP contribution >= 0.6 is 0 Å². The molecule has 0 heterocycles. The number of carbonyl (C=O) groups excluding carboxylic acids is 2. The summed E-state index contributed by atoms with van der Waals surface area (Å²) < 4.78 is 67.2. The standard InChI is InChI=1S/C29H32F3N3O4S/c1-29(2,3)33-28(37)26(16-20-8-6-5-7-9-20)34(18-21-10-12-22(30)13-11-21)27(36)19-35(40(4,38)39)23-14-15-24(31)25(32)17-23/h5-15,17,26H,16,18-19H2,1-4H3,(H,33,37). The second-order valence-corrected chi connectivity index (χ2v) is 12.4. The average Bonchev–Trinajstić information content (AvgIpc) is 2.86. The molecular weight excluding hydrogens is 543 g/mol. The van der Waals surface area contributed by atoms with Crippen molar-refractivity contribution in [2.24, 2.45) is 0 Å². The number of hydrogen-bond donors (Lipinski definition) is 1. The zero-order valence-electron chi connectivity index (χ0n) is 22.7. The summed E-state index contributed by atoms with van der Waals surface area (Å²) in [6, 6.07) is 15.7. The molecule has 0 saturated heterocycles. The van der Waals surface area contributed by atoms with E-state index < -0.39 is 57.4 Å². The second-order valence-electron chi connectivity index (χ2n) is 10.5. The highest BCUT2D eigenvalue weighted by molar-refractivity contribution is 7.92. The van der Waals surface area contributed by atoms with Gasteiger partial charge in [-0.2, -0.15) is 0 Å². The van der Waals surface area contributed by atoms with Crippen LogP contribution in [-0.2, 0) is 32.6 Å². The summed E-state index contributed by atoms with van der Waals surface area (Å²) in [5, 5.41) is 2.88. The van der Waals surface area contributed by atoms with Crippen molar-refractivity contribution in [2.45, 2.75) is 45.3 Å². The molecule has 214 valence electrons. The van der Waals surface area contributed by atoms with Crippen LogP contribution in [-0.4, -0.2) is 49.5 Å². The molecule has 7 nitrogen and oxygen atoms in total. The first-order valence-corrected chi connectivity index (χ1v) is 14.3. The molecule has 1 unspecified atom stereocenters. The molecule has 0 aliphatic carbocycles. The molecule has 3 aromatic rings. The van der Waals surface area contributed by atoms with Crippen LogP contribution in [0.15, 0.2) is 72.8 Å². The molecule has 0 aliphatic heterocycles. The van der Waals surface area contributed by atoms with E-state index in [1.165, 1.54) is 29.2 Å². The van der Waals surface area contributed by atoms with Gasteiger partial charge in [0, 0.05) is 24.6 Å². The lowest BCUT2D eigenvalue weighted by atomic mass is 10.0. The predicted octanol–water partition coefficient (Wildman–Crippen LogP) is 4.42. The molecule has 1 atom stereocenters. The highest BCUT2D eigenvalue weighted by atomic mass is 32.2. The smallest absolute Gasteiger partial charge is 0.244 e. The summed E-state index contributed by atoms with van der Waals surface area (Å²) in [5.41, 5.74) is 0.334. The molecular formula is C29H32F3N3O4S. The van der Waals surface area contributed by atoms with Gasteiger partial charge in [-0.1, -0.05) is 42.5 Å². The molecule has 3 aromatic carbocycles. The Kier molecular flexibility index (Phi) is 9.62. The number of carbonyl (C=O) groups is 2. The number of amides is 2. The number of hydrogen-bond acceptors (Lipinski definition) is 4. The van der Waals surface area contributed by atoms with Crippen molar-refractivity contribution in [1.82, 2.24) is 10.2 Å². The maximum absolute atomic E-state index is 14.0. The molecule has 0 aromatic heterocycles. The number of benzene rings is 3. The maximum atomic E-state index is 14.0. The first-order valence-electron chi connectivity index (χ1n) is 12.5. The average molecular weight is 576 g/mol. The van der Waals surface area contributed by atoms with Crippen molar-refractivity contribution in [1.29, 1.82) is 0 Å². The van der Waals surface area contributed by atoms with Crippen LogP contribution in [0.4, 0.5) is 18.9 Å². The lowest BCUT2D eigenvalue weighted by Gasteiger charge is -2.35. The van der Waals surface area contributed by atoms with Crippen LogP contribution in [0, 0.1) is 17.5 Å². The van der Waals surface area contributed by atoms with Crippen molar-refractivity contribution >= 4 is 27.5 Å². The summed E-state index contributed by atoms with van der Waals surface area (Å²) in [4.78, 5) is 28.7. The van der Waals surface area contributed by atoms with Crippen molar-refractivity contribution < 1.29 is 31.2 Å². The molecule has 0 radical (unpaired) electrons. The minimum atomic E-state index is -4.14. The van der Waals surface area contributed by atoms with Crippen LogP contribution in [0.3, 0.4) is 0 Å². The van der Waals surface area contributed by atoms with E-state index in [0.717, 1.165) is 24.0 Å². The monoisotopic (exact) mass is 575 g/mol. The van der Waals surface area contributed by atoms with E-state index >= 15 is 0 Å². The van der Waals surface area contributed by atoms with Gasteiger partial charge < -0.3 is 10.2 Å². The van der Waals surface area contributed by atoms with Gasteiger partial charge in [-0.15, -0.1) is 0 Å². The molecule has 0 spiro atoms. The van der Waals surface area contributed by atoms with Gasteiger partial charge in [-0.25, -0.2) is 21.6 Å². The summed E-state index contributed by atoms with van der Waals surface area (Å²) in [6.45, 7) is 4.41. The zero-order valence-corrected chi connectivity index (χ0v) is 23.5. The van der Waals surface area contributed by atoms with Gasteiger partial charge in [0.25, 0.3) is 0 Å². The van der Waals surface area contributed by atoms with E-state index in [4.69, 9.17) is 0 Å². The van der Waals surface area contributed by atoms with Crippen molar-refractivity contribution in [2.75, 3.05) is 17.1 Å². The van der Waals surface area contributed by atoms with E-state index in [1.807, 2.05) is 0 Å². The fourth-order valence-electron chi connectivity index (χ4n) is 4.05. The van der Waals surface area contributed by atoms with Crippen LogP contribution in [0.25, 0.3) is 0 Å². The first kappa shape index (κ1) is 30.7. The Labute approximate surface area is 232 Å². The highest BCUT2D eigenvalue weighted by Gasteiger charge is 2.34. The predicted molar refractivity (Wildman–Crippen MR) is 147 cm³/mol. The summed E-state index contributed by atoms with van der Waals surface area (Å²) in [5.74, 6) is -4.21. The Balaban J connectivity index is 2.08. The lowest BCUT2D eigenvalue weighted by molar-refractivity contribution is -0.140. The highest BCUT2D eigenvalue weighted by Crippen LogP contribution is 2.23. The van der Waals surface area contributed by atoms with Crippen LogP contribution in [0.1, 0.15) is 31.9 Å². The normalized spacial score (nSPS) is 12.5. The third-order valence-corrected chi connectivity index (χ3v) is 7.05. The SMILES string of the molecule is CC(C)(C)NC(=O)C(Cc1ccccc1)N(Cc1ccc(F)cc1)C(=O)CN(c1ccc(F)c(F)c1)S(C)(=O)=O. The Morgan fingerprint density at radius 3 is 2.05 bits per heavy atom. The van der Waals surface area contributed by atoms with E-state index in [0.29, 0.717) is 15.9 Å². The number of halogens is 3. The molecule has 0 fully saturated rings. The third-order valence-electron chi connectivity index (χ3n) is 5.91. The molecule has 2 amide bonds. The van der Waals surface area contributed by atoms with Crippen molar-refractivity contribution in [3.63, 3.8) is 0 Å². The Morgan fingerprint density at radius 1 is 0.875 bits per heavy atom. The number of anilines is 1. The molecule has 1 N–H and O–H groups in total. The summed E-state index contributed by atoms with van der Waals surface area (Å²) in [6.07, 6.45) is 0.930. The topological polar surface area (TPSA) is 86.8 Å². The van der Waals surface area contributed by atoms with Gasteiger partial charge in [0.05, 0.1) is 11.9 Å².